The lowest BCUT2D eigenvalue weighted by molar-refractivity contribution is 0.0122. The van der Waals surface area contributed by atoms with Crippen molar-refractivity contribution in [1.82, 2.24) is 4.90 Å². The van der Waals surface area contributed by atoms with Crippen LogP contribution in [0, 0.1) is 0 Å². The van der Waals surface area contributed by atoms with Gasteiger partial charge in [-0.05, 0) is 32.9 Å². The number of benzene rings is 1. The van der Waals surface area contributed by atoms with Gasteiger partial charge in [0.25, 0.3) is 0 Å². The zero-order valence-electron chi connectivity index (χ0n) is 15.7. The molecular formula is C19H25NO6. The molecule has 0 spiro atoms. The molecule has 0 N–H and O–H groups in total. The lowest BCUT2D eigenvalue weighted by atomic mass is 10.1. The van der Waals surface area contributed by atoms with Crippen LogP contribution < -0.4 is 14.2 Å². The summed E-state index contributed by atoms with van der Waals surface area (Å²) in [5.41, 5.74) is 0.0127. The van der Waals surface area contributed by atoms with Crippen molar-refractivity contribution in [3.05, 3.63) is 17.7 Å². The maximum Gasteiger partial charge on any atom is 0.410 e. The Labute approximate surface area is 153 Å². The molecule has 0 aromatic heterocycles. The van der Waals surface area contributed by atoms with E-state index in [-0.39, 0.29) is 24.6 Å². The molecule has 1 aromatic carbocycles. The molecule has 1 fully saturated rings. The van der Waals surface area contributed by atoms with Crippen LogP contribution in [-0.2, 0) is 4.74 Å². The number of piperidine rings is 1. The fraction of sp³-hybridized carbons (Fsp3) is 0.579. The van der Waals surface area contributed by atoms with Gasteiger partial charge in [0, 0.05) is 25.9 Å². The molecule has 0 bridgehead atoms. The second-order valence-corrected chi connectivity index (χ2v) is 7.47. The summed E-state index contributed by atoms with van der Waals surface area (Å²) in [7, 11) is 1.55. The molecule has 2 heterocycles. The minimum atomic E-state index is -0.508. The van der Waals surface area contributed by atoms with E-state index in [1.54, 1.807) is 24.1 Å². The van der Waals surface area contributed by atoms with Gasteiger partial charge in [0.1, 0.15) is 11.7 Å². The molecular weight excluding hydrogens is 338 g/mol. The van der Waals surface area contributed by atoms with Gasteiger partial charge in [0.05, 0.1) is 12.7 Å². The first-order valence-corrected chi connectivity index (χ1v) is 8.80. The lowest BCUT2D eigenvalue weighted by Gasteiger charge is -2.33. The molecule has 0 saturated carbocycles. The maximum atomic E-state index is 12.2. The molecule has 2 aliphatic heterocycles. The second-order valence-electron chi connectivity index (χ2n) is 7.47. The lowest BCUT2D eigenvalue weighted by Crippen LogP contribution is -2.44. The maximum absolute atomic E-state index is 12.2. The van der Waals surface area contributed by atoms with Crippen molar-refractivity contribution in [2.24, 2.45) is 0 Å². The van der Waals surface area contributed by atoms with Crippen molar-refractivity contribution in [3.63, 3.8) is 0 Å². The van der Waals surface area contributed by atoms with Crippen LogP contribution in [0.4, 0.5) is 4.79 Å². The highest BCUT2D eigenvalue weighted by molar-refractivity contribution is 6.03. The topological polar surface area (TPSA) is 74.3 Å². The number of likely N-dealkylation sites (tertiary alicyclic amines) is 1. The van der Waals surface area contributed by atoms with Crippen molar-refractivity contribution in [1.29, 1.82) is 0 Å². The van der Waals surface area contributed by atoms with Crippen molar-refractivity contribution in [2.45, 2.75) is 45.3 Å². The van der Waals surface area contributed by atoms with Gasteiger partial charge in [-0.3, -0.25) is 4.79 Å². The quantitative estimate of drug-likeness (QED) is 0.822. The SMILES string of the molecule is COc1ccc2c(c1OC1CCN(C(=O)OC(C)(C)C)CC1)OCC2=O. The molecule has 3 rings (SSSR count). The molecule has 1 aromatic rings. The van der Waals surface area contributed by atoms with Crippen LogP contribution in [0.25, 0.3) is 0 Å². The third kappa shape index (κ3) is 3.86. The number of hydrogen-bond acceptors (Lipinski definition) is 6. The Morgan fingerprint density at radius 2 is 1.92 bits per heavy atom. The number of ketones is 1. The smallest absolute Gasteiger partial charge is 0.410 e. The summed E-state index contributed by atoms with van der Waals surface area (Å²) in [5.74, 6) is 1.38. The number of amides is 1. The number of rotatable bonds is 3. The van der Waals surface area contributed by atoms with Crippen LogP contribution >= 0.6 is 0 Å². The Bertz CT molecular complexity index is 701. The van der Waals surface area contributed by atoms with Gasteiger partial charge in [0.2, 0.25) is 11.5 Å². The molecule has 0 radical (unpaired) electrons. The Morgan fingerprint density at radius 1 is 1.23 bits per heavy atom. The Balaban J connectivity index is 1.65. The summed E-state index contributed by atoms with van der Waals surface area (Å²) in [5, 5.41) is 0. The zero-order chi connectivity index (χ0) is 18.9. The number of carbonyl (C=O) groups is 2. The molecule has 26 heavy (non-hydrogen) atoms. The highest BCUT2D eigenvalue weighted by atomic mass is 16.6. The van der Waals surface area contributed by atoms with Gasteiger partial charge in [-0.1, -0.05) is 0 Å². The highest BCUT2D eigenvalue weighted by Gasteiger charge is 2.32. The molecule has 0 unspecified atom stereocenters. The molecule has 1 amide bonds. The van der Waals surface area contributed by atoms with Crippen LogP contribution in [0.5, 0.6) is 17.2 Å². The van der Waals surface area contributed by atoms with E-state index in [1.165, 1.54) is 0 Å². The molecule has 0 atom stereocenters. The summed E-state index contributed by atoms with van der Waals surface area (Å²) >= 11 is 0. The monoisotopic (exact) mass is 363 g/mol. The van der Waals surface area contributed by atoms with E-state index >= 15 is 0 Å². The Kier molecular flexibility index (Phi) is 4.98. The first-order chi connectivity index (χ1) is 12.3. The summed E-state index contributed by atoms with van der Waals surface area (Å²) in [6.45, 7) is 6.68. The van der Waals surface area contributed by atoms with E-state index in [0.717, 1.165) is 0 Å². The number of nitrogens with zero attached hydrogens (tertiary/aromatic N) is 1. The number of ether oxygens (including phenoxy) is 4. The average molecular weight is 363 g/mol. The minimum absolute atomic E-state index is 0.0238. The molecule has 2 aliphatic rings. The minimum Gasteiger partial charge on any atom is -0.493 e. The van der Waals surface area contributed by atoms with E-state index < -0.39 is 5.60 Å². The standard InChI is InChI=1S/C19H25NO6/c1-19(2,3)26-18(22)20-9-7-12(8-10-20)25-17-15(23-4)6-5-13-14(21)11-24-16(13)17/h5-6,12H,7-11H2,1-4H3. The molecule has 1 saturated heterocycles. The van der Waals surface area contributed by atoms with Gasteiger partial charge in [-0.2, -0.15) is 0 Å². The molecule has 7 heteroatoms. The molecule has 0 aliphatic carbocycles. The number of methoxy groups -OCH3 is 1. The average Bonchev–Trinajstić information content (AvgIpc) is 2.96. The zero-order valence-corrected chi connectivity index (χ0v) is 15.7. The predicted molar refractivity (Wildman–Crippen MR) is 94.3 cm³/mol. The van der Waals surface area contributed by atoms with Crippen molar-refractivity contribution in [2.75, 3.05) is 26.8 Å². The van der Waals surface area contributed by atoms with E-state index in [0.29, 0.717) is 48.7 Å². The van der Waals surface area contributed by atoms with Gasteiger partial charge in [0.15, 0.2) is 18.1 Å². The third-order valence-corrected chi connectivity index (χ3v) is 4.32. The van der Waals surface area contributed by atoms with E-state index in [1.807, 2.05) is 20.8 Å². The summed E-state index contributed by atoms with van der Waals surface area (Å²) < 4.78 is 22.4. The van der Waals surface area contributed by atoms with Crippen molar-refractivity contribution in [3.8, 4) is 17.2 Å². The molecule has 142 valence electrons. The number of carbonyl (C=O) groups excluding carboxylic acids is 2. The summed E-state index contributed by atoms with van der Waals surface area (Å²) in [6.07, 6.45) is 0.941. The number of hydrogen-bond donors (Lipinski definition) is 0. The largest absolute Gasteiger partial charge is 0.493 e. The highest BCUT2D eigenvalue weighted by Crippen LogP contribution is 2.44. The van der Waals surface area contributed by atoms with Crippen LogP contribution in [0.1, 0.15) is 44.0 Å². The number of Topliss-reactive ketones (excluding diaryl/α,β-unsaturated/α-hetero) is 1. The summed E-state index contributed by atoms with van der Waals surface area (Å²) in [4.78, 5) is 25.7. The number of fused-ring (bicyclic) bond motifs is 1. The third-order valence-electron chi connectivity index (χ3n) is 4.32. The van der Waals surface area contributed by atoms with Gasteiger partial charge in [-0.25, -0.2) is 4.79 Å². The summed E-state index contributed by atoms with van der Waals surface area (Å²) in [6, 6.07) is 3.41. The van der Waals surface area contributed by atoms with E-state index in [4.69, 9.17) is 18.9 Å². The normalized spacial score (nSPS) is 17.5. The van der Waals surface area contributed by atoms with Gasteiger partial charge in [-0.15, -0.1) is 0 Å². The second kappa shape index (κ2) is 7.05. The van der Waals surface area contributed by atoms with Crippen molar-refractivity contribution < 1.29 is 28.5 Å². The van der Waals surface area contributed by atoms with Crippen LogP contribution in [0.2, 0.25) is 0 Å². The van der Waals surface area contributed by atoms with Crippen LogP contribution in [-0.4, -0.2) is 55.3 Å². The van der Waals surface area contributed by atoms with Crippen molar-refractivity contribution >= 4 is 11.9 Å². The Hall–Kier alpha value is -2.44. The van der Waals surface area contributed by atoms with E-state index in [9.17, 15) is 9.59 Å². The van der Waals surface area contributed by atoms with Crippen LogP contribution in [0.15, 0.2) is 12.1 Å². The first kappa shape index (κ1) is 18.4. The Morgan fingerprint density at radius 3 is 2.54 bits per heavy atom. The fourth-order valence-corrected chi connectivity index (χ4v) is 3.04. The van der Waals surface area contributed by atoms with E-state index in [2.05, 4.69) is 0 Å². The predicted octanol–water partition coefficient (Wildman–Crippen LogP) is 3.05. The fourth-order valence-electron chi connectivity index (χ4n) is 3.04. The van der Waals surface area contributed by atoms with Gasteiger partial charge >= 0.3 is 6.09 Å². The van der Waals surface area contributed by atoms with Crippen LogP contribution in [0.3, 0.4) is 0 Å². The van der Waals surface area contributed by atoms with Gasteiger partial charge < -0.3 is 23.8 Å². The molecule has 7 nitrogen and oxygen atoms in total. The first-order valence-electron chi connectivity index (χ1n) is 8.80.